The highest BCUT2D eigenvalue weighted by atomic mass is 32.2. The minimum absolute atomic E-state index is 0.0761. The molecule has 0 unspecified atom stereocenters. The molecule has 1 atom stereocenters. The Morgan fingerprint density at radius 2 is 1.85 bits per heavy atom. The first-order chi connectivity index (χ1) is 12.3. The van der Waals surface area contributed by atoms with Crippen LogP contribution in [0.3, 0.4) is 0 Å². The van der Waals surface area contributed by atoms with E-state index in [4.69, 9.17) is 0 Å². The lowest BCUT2D eigenvalue weighted by atomic mass is 10.2. The molecule has 1 fully saturated rings. The Balaban J connectivity index is 2.01. The fourth-order valence-electron chi connectivity index (χ4n) is 3.30. The Morgan fingerprint density at radius 3 is 2.50 bits per heavy atom. The molecule has 1 aliphatic heterocycles. The number of hydrogen-bond donors (Lipinski definition) is 0. The fourth-order valence-corrected chi connectivity index (χ4v) is 4.22. The monoisotopic (exact) mass is 368 g/mol. The van der Waals surface area contributed by atoms with E-state index in [2.05, 4.69) is 36.6 Å². The van der Waals surface area contributed by atoms with Crippen molar-refractivity contribution >= 4 is 29.0 Å². The largest absolute Gasteiger partial charge is 0.318 e. The van der Waals surface area contributed by atoms with Gasteiger partial charge in [0.25, 0.3) is 11.1 Å². The molecule has 1 aliphatic rings. The lowest BCUT2D eigenvalue weighted by Crippen LogP contribution is -2.36. The molecule has 26 heavy (non-hydrogen) atoms. The highest BCUT2D eigenvalue weighted by molar-refractivity contribution is 8.18. The summed E-state index contributed by atoms with van der Waals surface area (Å²) in [5.74, 6) is -0.185. The van der Waals surface area contributed by atoms with Crippen molar-refractivity contribution in [2.24, 2.45) is 0 Å². The summed E-state index contributed by atoms with van der Waals surface area (Å²) in [4.78, 5) is 26.8. The molecule has 0 N–H and O–H groups in total. The molecular formula is C21H24N2O2S. The molecule has 0 bridgehead atoms. The summed E-state index contributed by atoms with van der Waals surface area (Å²) in [6, 6.07) is 10.2. The highest BCUT2D eigenvalue weighted by Gasteiger charge is 2.37. The number of thioether (sulfide) groups is 1. The molecule has 3 rings (SSSR count). The third-order valence-electron chi connectivity index (χ3n) is 4.97. The maximum Gasteiger partial charge on any atom is 0.293 e. The van der Waals surface area contributed by atoms with Gasteiger partial charge in [-0.15, -0.1) is 0 Å². The standard InChI is InChI=1S/C21H24N2O2S/c1-6-14(3)23-20(24)19(26-21(23)25)12-17-11-15(4)22(16(17)5)18-10-8-7-9-13(18)2/h7-12,14H,6H2,1-5H3/b19-12+/t14-/m0/s1. The Kier molecular flexibility index (Phi) is 5.10. The Bertz CT molecular complexity index is 911. The molecular weight excluding hydrogens is 344 g/mol. The summed E-state index contributed by atoms with van der Waals surface area (Å²) in [5.41, 5.74) is 5.46. The van der Waals surface area contributed by atoms with Crippen molar-refractivity contribution in [3.8, 4) is 5.69 Å². The van der Waals surface area contributed by atoms with Gasteiger partial charge in [0.2, 0.25) is 0 Å². The van der Waals surface area contributed by atoms with Crippen molar-refractivity contribution in [2.45, 2.75) is 47.1 Å². The van der Waals surface area contributed by atoms with Crippen molar-refractivity contribution in [3.05, 3.63) is 57.8 Å². The number of benzene rings is 1. The molecule has 2 heterocycles. The lowest BCUT2D eigenvalue weighted by Gasteiger charge is -2.19. The molecule has 0 aliphatic carbocycles. The van der Waals surface area contributed by atoms with Gasteiger partial charge >= 0.3 is 0 Å². The number of amides is 2. The first-order valence-corrected chi connectivity index (χ1v) is 9.68. The van der Waals surface area contributed by atoms with Crippen LogP contribution in [0.25, 0.3) is 11.8 Å². The summed E-state index contributed by atoms with van der Waals surface area (Å²) >= 11 is 1.03. The van der Waals surface area contributed by atoms with Gasteiger partial charge in [0.05, 0.1) is 4.91 Å². The predicted molar refractivity (Wildman–Crippen MR) is 108 cm³/mol. The van der Waals surface area contributed by atoms with E-state index < -0.39 is 0 Å². The molecule has 1 aromatic heterocycles. The summed E-state index contributed by atoms with van der Waals surface area (Å²) in [6.07, 6.45) is 2.61. The van der Waals surface area contributed by atoms with Gasteiger partial charge in [-0.05, 0) is 75.2 Å². The molecule has 0 saturated carbocycles. The third kappa shape index (κ3) is 3.12. The Morgan fingerprint density at radius 1 is 1.15 bits per heavy atom. The lowest BCUT2D eigenvalue weighted by molar-refractivity contribution is -0.124. The zero-order valence-electron chi connectivity index (χ0n) is 15.9. The van der Waals surface area contributed by atoms with E-state index in [9.17, 15) is 9.59 Å². The van der Waals surface area contributed by atoms with E-state index in [0.29, 0.717) is 4.91 Å². The predicted octanol–water partition coefficient (Wildman–Crippen LogP) is 5.24. The number of imide groups is 1. The number of hydrogen-bond acceptors (Lipinski definition) is 3. The second-order valence-corrected chi connectivity index (χ2v) is 7.75. The van der Waals surface area contributed by atoms with Gasteiger partial charge < -0.3 is 4.57 Å². The normalized spacial score (nSPS) is 17.4. The first-order valence-electron chi connectivity index (χ1n) is 8.87. The molecule has 0 spiro atoms. The average molecular weight is 369 g/mol. The molecule has 0 radical (unpaired) electrons. The van der Waals surface area contributed by atoms with Crippen LogP contribution in [0.15, 0.2) is 35.2 Å². The summed E-state index contributed by atoms with van der Waals surface area (Å²) in [5, 5.41) is -0.177. The maximum atomic E-state index is 12.7. The number of carbonyl (C=O) groups excluding carboxylic acids is 2. The van der Waals surface area contributed by atoms with Crippen LogP contribution in [0.2, 0.25) is 0 Å². The SMILES string of the molecule is CC[C@H](C)N1C(=O)S/C(=C/c2cc(C)n(-c3ccccc3C)c2C)C1=O. The van der Waals surface area contributed by atoms with Crippen molar-refractivity contribution in [1.82, 2.24) is 9.47 Å². The van der Waals surface area contributed by atoms with Gasteiger partial charge in [-0.2, -0.15) is 0 Å². The van der Waals surface area contributed by atoms with E-state index in [1.807, 2.05) is 39.0 Å². The van der Waals surface area contributed by atoms with Crippen LogP contribution in [0.4, 0.5) is 4.79 Å². The number of rotatable bonds is 4. The summed E-state index contributed by atoms with van der Waals surface area (Å²) in [7, 11) is 0. The molecule has 2 aromatic rings. The highest BCUT2D eigenvalue weighted by Crippen LogP contribution is 2.35. The van der Waals surface area contributed by atoms with E-state index in [-0.39, 0.29) is 17.2 Å². The first kappa shape index (κ1) is 18.5. The van der Waals surface area contributed by atoms with Crippen LogP contribution < -0.4 is 0 Å². The topological polar surface area (TPSA) is 42.3 Å². The summed E-state index contributed by atoms with van der Waals surface area (Å²) < 4.78 is 2.19. The molecule has 136 valence electrons. The number of para-hydroxylation sites is 1. The number of aromatic nitrogens is 1. The molecule has 1 aromatic carbocycles. The van der Waals surface area contributed by atoms with Gasteiger partial charge in [0, 0.05) is 23.1 Å². The molecule has 5 heteroatoms. The second kappa shape index (κ2) is 7.16. The van der Waals surface area contributed by atoms with Gasteiger partial charge in [-0.3, -0.25) is 14.5 Å². The van der Waals surface area contributed by atoms with Crippen LogP contribution in [-0.2, 0) is 4.79 Å². The van der Waals surface area contributed by atoms with Crippen LogP contribution in [0.1, 0.15) is 42.8 Å². The van der Waals surface area contributed by atoms with Crippen molar-refractivity contribution in [2.75, 3.05) is 0 Å². The number of nitrogens with zero attached hydrogens (tertiary/aromatic N) is 2. The number of carbonyl (C=O) groups is 2. The van der Waals surface area contributed by atoms with E-state index in [0.717, 1.165) is 40.8 Å². The van der Waals surface area contributed by atoms with Gasteiger partial charge in [0.1, 0.15) is 0 Å². The zero-order chi connectivity index (χ0) is 19.0. The van der Waals surface area contributed by atoms with Crippen LogP contribution in [-0.4, -0.2) is 26.7 Å². The van der Waals surface area contributed by atoms with Crippen LogP contribution >= 0.6 is 11.8 Å². The molecule has 4 nitrogen and oxygen atoms in total. The zero-order valence-corrected chi connectivity index (χ0v) is 16.7. The fraction of sp³-hybridized carbons (Fsp3) is 0.333. The van der Waals surface area contributed by atoms with E-state index in [1.54, 1.807) is 0 Å². The smallest absolute Gasteiger partial charge is 0.293 e. The quantitative estimate of drug-likeness (QED) is 0.693. The minimum Gasteiger partial charge on any atom is -0.318 e. The van der Waals surface area contributed by atoms with E-state index >= 15 is 0 Å². The van der Waals surface area contributed by atoms with Crippen molar-refractivity contribution < 1.29 is 9.59 Å². The Labute approximate surface area is 158 Å². The second-order valence-electron chi connectivity index (χ2n) is 6.76. The van der Waals surface area contributed by atoms with Crippen LogP contribution in [0, 0.1) is 20.8 Å². The maximum absolute atomic E-state index is 12.7. The van der Waals surface area contributed by atoms with Gasteiger partial charge in [-0.25, -0.2) is 0 Å². The minimum atomic E-state index is -0.185. The van der Waals surface area contributed by atoms with Gasteiger partial charge in [0.15, 0.2) is 0 Å². The summed E-state index contributed by atoms with van der Waals surface area (Å²) in [6.45, 7) is 10.1. The van der Waals surface area contributed by atoms with Crippen molar-refractivity contribution in [3.63, 3.8) is 0 Å². The van der Waals surface area contributed by atoms with Gasteiger partial charge in [-0.1, -0.05) is 25.1 Å². The molecule has 1 saturated heterocycles. The van der Waals surface area contributed by atoms with E-state index in [1.165, 1.54) is 10.5 Å². The third-order valence-corrected chi connectivity index (χ3v) is 5.85. The average Bonchev–Trinajstić information content (AvgIpc) is 3.04. The Hall–Kier alpha value is -2.27. The van der Waals surface area contributed by atoms with Crippen LogP contribution in [0.5, 0.6) is 0 Å². The molecule has 2 amide bonds. The van der Waals surface area contributed by atoms with Crippen molar-refractivity contribution in [1.29, 1.82) is 0 Å². The number of aryl methyl sites for hydroxylation is 2.